The first-order chi connectivity index (χ1) is 6.48. The van der Waals surface area contributed by atoms with Crippen molar-refractivity contribution < 1.29 is 0 Å². The molecule has 3 nitrogen and oxygen atoms in total. The average molecular weight is 210 g/mol. The van der Waals surface area contributed by atoms with Crippen LogP contribution in [0.4, 0.5) is 0 Å². The molecule has 0 aliphatic rings. The van der Waals surface area contributed by atoms with E-state index in [1.54, 1.807) is 6.20 Å². The zero-order chi connectivity index (χ0) is 10.3. The minimum atomic E-state index is -0.461. The van der Waals surface area contributed by atoms with E-state index in [1.165, 1.54) is 0 Å². The first-order valence-electron chi connectivity index (χ1n) is 4.40. The van der Waals surface area contributed by atoms with E-state index in [1.807, 2.05) is 36.6 Å². The van der Waals surface area contributed by atoms with Gasteiger partial charge in [0.15, 0.2) is 0 Å². The maximum atomic E-state index is 5.99. The summed E-state index contributed by atoms with van der Waals surface area (Å²) in [5.74, 6) is 0.815. The molecule has 2 heterocycles. The lowest BCUT2D eigenvalue weighted by Gasteiger charge is -2.16. The zero-order valence-electron chi connectivity index (χ0n) is 8.16. The van der Waals surface area contributed by atoms with E-state index in [4.69, 9.17) is 17.3 Å². The van der Waals surface area contributed by atoms with Crippen LogP contribution in [0.5, 0.6) is 0 Å². The molecule has 0 spiro atoms. The summed E-state index contributed by atoms with van der Waals surface area (Å²) in [6, 6.07) is 3.76. The maximum Gasteiger partial charge on any atom is 0.132 e. The van der Waals surface area contributed by atoms with Gasteiger partial charge in [0, 0.05) is 6.20 Å². The Morgan fingerprint density at radius 3 is 2.79 bits per heavy atom. The van der Waals surface area contributed by atoms with Gasteiger partial charge in [0.1, 0.15) is 5.82 Å². The van der Waals surface area contributed by atoms with Gasteiger partial charge in [-0.15, -0.1) is 0 Å². The van der Waals surface area contributed by atoms with E-state index < -0.39 is 5.54 Å². The number of rotatable bonds is 1. The highest BCUT2D eigenvalue weighted by Crippen LogP contribution is 2.19. The molecule has 4 heteroatoms. The highest BCUT2D eigenvalue weighted by atomic mass is 35.5. The third-order valence-corrected chi connectivity index (χ3v) is 2.29. The first kappa shape index (κ1) is 9.49. The lowest BCUT2D eigenvalue weighted by Crippen LogP contribution is -2.31. The Morgan fingerprint density at radius 2 is 2.14 bits per heavy atom. The fraction of sp³-hybridized carbons (Fsp3) is 0.300. The summed E-state index contributed by atoms with van der Waals surface area (Å²) in [6.45, 7) is 3.84. The van der Waals surface area contributed by atoms with Gasteiger partial charge >= 0.3 is 0 Å². The summed E-state index contributed by atoms with van der Waals surface area (Å²) in [6.07, 6.45) is 3.62. The van der Waals surface area contributed by atoms with Crippen LogP contribution in [-0.2, 0) is 5.54 Å². The standard InChI is InChI=1S/C10H12ClN3/c1-10(2,12)9-13-5-8-4-3-7(11)6-14(8)9/h3-6H,12H2,1-2H3. The molecule has 2 N–H and O–H groups in total. The van der Waals surface area contributed by atoms with Crippen molar-refractivity contribution >= 4 is 17.1 Å². The summed E-state index contributed by atoms with van der Waals surface area (Å²) in [7, 11) is 0. The third-order valence-electron chi connectivity index (χ3n) is 2.07. The van der Waals surface area contributed by atoms with Crippen molar-refractivity contribution in [1.29, 1.82) is 0 Å². The van der Waals surface area contributed by atoms with Crippen LogP contribution < -0.4 is 5.73 Å². The normalized spacial score (nSPS) is 12.3. The van der Waals surface area contributed by atoms with Crippen molar-refractivity contribution in [2.75, 3.05) is 0 Å². The monoisotopic (exact) mass is 209 g/mol. The minimum absolute atomic E-state index is 0.461. The number of hydrogen-bond donors (Lipinski definition) is 1. The molecule has 2 aromatic rings. The van der Waals surface area contributed by atoms with Crippen molar-refractivity contribution in [2.45, 2.75) is 19.4 Å². The Morgan fingerprint density at radius 1 is 1.43 bits per heavy atom. The predicted octanol–water partition coefficient (Wildman–Crippen LogP) is 2.18. The van der Waals surface area contributed by atoms with Crippen molar-refractivity contribution in [3.63, 3.8) is 0 Å². The Bertz CT molecular complexity index is 468. The first-order valence-corrected chi connectivity index (χ1v) is 4.78. The summed E-state index contributed by atoms with van der Waals surface area (Å²) in [5.41, 5.74) is 6.53. The molecule has 0 unspecified atom stereocenters. The van der Waals surface area contributed by atoms with Crippen LogP contribution in [0.1, 0.15) is 19.7 Å². The van der Waals surface area contributed by atoms with E-state index in [2.05, 4.69) is 4.98 Å². The molecular weight excluding hydrogens is 198 g/mol. The Balaban J connectivity index is 2.73. The Hall–Kier alpha value is -1.06. The van der Waals surface area contributed by atoms with Crippen molar-refractivity contribution in [1.82, 2.24) is 9.38 Å². The van der Waals surface area contributed by atoms with Crippen molar-refractivity contribution in [3.8, 4) is 0 Å². The molecule has 2 aromatic heterocycles. The molecule has 2 rings (SSSR count). The van der Waals surface area contributed by atoms with Gasteiger partial charge in [-0.2, -0.15) is 0 Å². The van der Waals surface area contributed by atoms with Gasteiger partial charge in [-0.1, -0.05) is 11.6 Å². The van der Waals surface area contributed by atoms with Gasteiger partial charge in [0.25, 0.3) is 0 Å². The lowest BCUT2D eigenvalue weighted by molar-refractivity contribution is 0.512. The van der Waals surface area contributed by atoms with Gasteiger partial charge in [0.2, 0.25) is 0 Å². The molecule has 0 aliphatic carbocycles. The summed E-state index contributed by atoms with van der Waals surface area (Å²) >= 11 is 5.91. The van der Waals surface area contributed by atoms with Crippen LogP contribution in [0.2, 0.25) is 5.02 Å². The van der Waals surface area contributed by atoms with Crippen LogP contribution in [0, 0.1) is 0 Å². The number of nitrogens with zero attached hydrogens (tertiary/aromatic N) is 2. The van der Waals surface area contributed by atoms with E-state index in [0.29, 0.717) is 5.02 Å². The second-order valence-corrected chi connectivity index (χ2v) is 4.38. The molecule has 0 fully saturated rings. The van der Waals surface area contributed by atoms with Crippen molar-refractivity contribution in [2.24, 2.45) is 5.73 Å². The molecule has 0 saturated heterocycles. The molecule has 14 heavy (non-hydrogen) atoms. The van der Waals surface area contributed by atoms with Gasteiger partial charge in [-0.3, -0.25) is 0 Å². The van der Waals surface area contributed by atoms with Gasteiger partial charge in [0.05, 0.1) is 22.3 Å². The summed E-state index contributed by atoms with van der Waals surface area (Å²) < 4.78 is 1.92. The Kier molecular flexibility index (Phi) is 2.01. The smallest absolute Gasteiger partial charge is 0.132 e. The SMILES string of the molecule is CC(C)(N)c1ncc2ccc(Cl)cn12. The van der Waals surface area contributed by atoms with Crippen LogP contribution in [0.3, 0.4) is 0 Å². The molecule has 74 valence electrons. The minimum Gasteiger partial charge on any atom is -0.319 e. The topological polar surface area (TPSA) is 43.3 Å². The molecular formula is C10H12ClN3. The van der Waals surface area contributed by atoms with Gasteiger partial charge in [-0.05, 0) is 26.0 Å². The highest BCUT2D eigenvalue weighted by Gasteiger charge is 2.19. The summed E-state index contributed by atoms with van der Waals surface area (Å²) in [5, 5.41) is 0.681. The van der Waals surface area contributed by atoms with E-state index in [-0.39, 0.29) is 0 Å². The van der Waals surface area contributed by atoms with E-state index in [9.17, 15) is 0 Å². The second kappa shape index (κ2) is 2.97. The number of pyridine rings is 1. The Labute approximate surface area is 87.5 Å². The number of hydrogen-bond acceptors (Lipinski definition) is 2. The fourth-order valence-electron chi connectivity index (χ4n) is 1.44. The molecule has 0 radical (unpaired) electrons. The molecule has 0 atom stereocenters. The number of nitrogens with two attached hydrogens (primary N) is 1. The highest BCUT2D eigenvalue weighted by molar-refractivity contribution is 6.30. The predicted molar refractivity (Wildman–Crippen MR) is 57.4 cm³/mol. The second-order valence-electron chi connectivity index (χ2n) is 3.95. The number of imidazole rings is 1. The largest absolute Gasteiger partial charge is 0.319 e. The van der Waals surface area contributed by atoms with Crippen LogP contribution >= 0.6 is 11.6 Å². The molecule has 0 amide bonds. The van der Waals surface area contributed by atoms with E-state index in [0.717, 1.165) is 11.3 Å². The van der Waals surface area contributed by atoms with Crippen molar-refractivity contribution in [3.05, 3.63) is 35.4 Å². The van der Waals surface area contributed by atoms with Crippen LogP contribution in [0.15, 0.2) is 24.5 Å². The fourth-order valence-corrected chi connectivity index (χ4v) is 1.60. The molecule has 0 bridgehead atoms. The lowest BCUT2D eigenvalue weighted by atomic mass is 10.1. The summed E-state index contributed by atoms with van der Waals surface area (Å²) in [4.78, 5) is 4.29. The number of halogens is 1. The molecule has 0 saturated carbocycles. The van der Waals surface area contributed by atoms with Gasteiger partial charge in [-0.25, -0.2) is 4.98 Å². The average Bonchev–Trinajstić information content (AvgIpc) is 2.45. The molecule has 0 aromatic carbocycles. The van der Waals surface area contributed by atoms with Crippen LogP contribution in [-0.4, -0.2) is 9.38 Å². The van der Waals surface area contributed by atoms with Crippen LogP contribution in [0.25, 0.3) is 5.52 Å². The number of aromatic nitrogens is 2. The quantitative estimate of drug-likeness (QED) is 0.783. The maximum absolute atomic E-state index is 5.99. The number of fused-ring (bicyclic) bond motifs is 1. The zero-order valence-corrected chi connectivity index (χ0v) is 8.92. The third kappa shape index (κ3) is 1.49. The van der Waals surface area contributed by atoms with Gasteiger partial charge < -0.3 is 10.1 Å². The molecule has 0 aliphatic heterocycles. The van der Waals surface area contributed by atoms with E-state index >= 15 is 0 Å².